The number of pyridine rings is 2. The Labute approximate surface area is 133 Å². The fourth-order valence-electron chi connectivity index (χ4n) is 2.48. The number of carbonyl (C=O) groups is 1. The standard InChI is InChI=1S/C16H17N3O2S/c1-22-15-13(5-4-9-18-15)16(20)19-10-7-12(11-19)21-14-6-2-3-8-17-14/h2-6,8-9,12H,7,10-11H2,1H3. The van der Waals surface area contributed by atoms with Gasteiger partial charge >= 0.3 is 0 Å². The monoisotopic (exact) mass is 315 g/mol. The first-order valence-electron chi connectivity index (χ1n) is 7.14. The van der Waals surface area contributed by atoms with Crippen LogP contribution in [-0.2, 0) is 0 Å². The van der Waals surface area contributed by atoms with E-state index in [-0.39, 0.29) is 12.0 Å². The highest BCUT2D eigenvalue weighted by molar-refractivity contribution is 7.98. The van der Waals surface area contributed by atoms with E-state index in [4.69, 9.17) is 4.74 Å². The molecule has 0 radical (unpaired) electrons. The Bertz CT molecular complexity index is 651. The van der Waals surface area contributed by atoms with Crippen molar-refractivity contribution in [2.24, 2.45) is 0 Å². The number of thioether (sulfide) groups is 1. The first-order valence-corrected chi connectivity index (χ1v) is 8.36. The van der Waals surface area contributed by atoms with Gasteiger partial charge in [0, 0.05) is 31.4 Å². The summed E-state index contributed by atoms with van der Waals surface area (Å²) in [6, 6.07) is 9.20. The third-order valence-electron chi connectivity index (χ3n) is 3.55. The van der Waals surface area contributed by atoms with Crippen LogP contribution in [0.3, 0.4) is 0 Å². The largest absolute Gasteiger partial charge is 0.472 e. The van der Waals surface area contributed by atoms with Crippen LogP contribution in [0.5, 0.6) is 5.88 Å². The Hall–Kier alpha value is -2.08. The summed E-state index contributed by atoms with van der Waals surface area (Å²) in [6.45, 7) is 1.27. The highest BCUT2D eigenvalue weighted by Gasteiger charge is 2.29. The third-order valence-corrected chi connectivity index (χ3v) is 4.26. The van der Waals surface area contributed by atoms with Gasteiger partial charge in [0.15, 0.2) is 0 Å². The molecule has 1 aliphatic rings. The van der Waals surface area contributed by atoms with Gasteiger partial charge in [0.2, 0.25) is 5.88 Å². The Morgan fingerprint density at radius 1 is 1.27 bits per heavy atom. The summed E-state index contributed by atoms with van der Waals surface area (Å²) in [4.78, 5) is 22.9. The highest BCUT2D eigenvalue weighted by Crippen LogP contribution is 2.22. The van der Waals surface area contributed by atoms with Gasteiger partial charge in [0.25, 0.3) is 5.91 Å². The molecule has 22 heavy (non-hydrogen) atoms. The Morgan fingerprint density at radius 3 is 2.91 bits per heavy atom. The number of rotatable bonds is 4. The lowest BCUT2D eigenvalue weighted by Gasteiger charge is -2.18. The summed E-state index contributed by atoms with van der Waals surface area (Å²) < 4.78 is 5.82. The van der Waals surface area contributed by atoms with Gasteiger partial charge in [-0.15, -0.1) is 11.8 Å². The molecule has 2 aromatic rings. The number of hydrogen-bond donors (Lipinski definition) is 0. The quantitative estimate of drug-likeness (QED) is 0.811. The van der Waals surface area contributed by atoms with E-state index in [0.717, 1.165) is 11.4 Å². The molecule has 1 unspecified atom stereocenters. The second-order valence-electron chi connectivity index (χ2n) is 5.01. The summed E-state index contributed by atoms with van der Waals surface area (Å²) in [5.41, 5.74) is 0.661. The van der Waals surface area contributed by atoms with Crippen LogP contribution in [0.2, 0.25) is 0 Å². The summed E-state index contributed by atoms with van der Waals surface area (Å²) >= 11 is 1.49. The summed E-state index contributed by atoms with van der Waals surface area (Å²) in [6.07, 6.45) is 6.15. The molecule has 0 aliphatic carbocycles. The van der Waals surface area contributed by atoms with E-state index in [1.165, 1.54) is 11.8 Å². The second kappa shape index (κ2) is 6.79. The van der Waals surface area contributed by atoms with Gasteiger partial charge in [0.1, 0.15) is 11.1 Å². The lowest BCUT2D eigenvalue weighted by molar-refractivity contribution is 0.0767. The summed E-state index contributed by atoms with van der Waals surface area (Å²) in [7, 11) is 0. The maximum atomic E-state index is 12.6. The first-order chi connectivity index (χ1) is 10.8. The smallest absolute Gasteiger partial charge is 0.256 e. The molecular weight excluding hydrogens is 298 g/mol. The predicted octanol–water partition coefficient (Wildman–Crippen LogP) is 2.49. The average molecular weight is 315 g/mol. The van der Waals surface area contributed by atoms with E-state index in [2.05, 4.69) is 9.97 Å². The Morgan fingerprint density at radius 2 is 2.14 bits per heavy atom. The van der Waals surface area contributed by atoms with Crippen molar-refractivity contribution in [2.75, 3.05) is 19.3 Å². The van der Waals surface area contributed by atoms with Crippen LogP contribution in [0.15, 0.2) is 47.8 Å². The Kier molecular flexibility index (Phi) is 4.58. The number of amides is 1. The van der Waals surface area contributed by atoms with E-state index in [9.17, 15) is 4.79 Å². The molecule has 114 valence electrons. The van der Waals surface area contributed by atoms with Crippen LogP contribution in [0.4, 0.5) is 0 Å². The van der Waals surface area contributed by atoms with Crippen molar-refractivity contribution < 1.29 is 9.53 Å². The van der Waals surface area contributed by atoms with Gasteiger partial charge in [-0.05, 0) is 24.5 Å². The third kappa shape index (κ3) is 3.22. The Balaban J connectivity index is 1.66. The lowest BCUT2D eigenvalue weighted by Crippen LogP contribution is -2.31. The van der Waals surface area contributed by atoms with Crippen LogP contribution in [-0.4, -0.2) is 46.2 Å². The van der Waals surface area contributed by atoms with E-state index in [1.54, 1.807) is 18.5 Å². The molecule has 1 fully saturated rings. The fourth-order valence-corrected chi connectivity index (χ4v) is 3.02. The fraction of sp³-hybridized carbons (Fsp3) is 0.312. The molecule has 0 N–H and O–H groups in total. The van der Waals surface area contributed by atoms with Crippen LogP contribution < -0.4 is 4.74 Å². The molecule has 1 saturated heterocycles. The zero-order valence-corrected chi connectivity index (χ0v) is 13.1. The van der Waals surface area contributed by atoms with Gasteiger partial charge in [-0.3, -0.25) is 4.79 Å². The molecule has 1 amide bonds. The van der Waals surface area contributed by atoms with Crippen LogP contribution in [0, 0.1) is 0 Å². The van der Waals surface area contributed by atoms with Crippen LogP contribution >= 0.6 is 11.8 Å². The van der Waals surface area contributed by atoms with Gasteiger partial charge in [-0.1, -0.05) is 6.07 Å². The zero-order chi connectivity index (χ0) is 15.4. The molecule has 5 nitrogen and oxygen atoms in total. The average Bonchev–Trinajstić information content (AvgIpc) is 3.03. The van der Waals surface area contributed by atoms with Crippen LogP contribution in [0.1, 0.15) is 16.8 Å². The minimum absolute atomic E-state index is 0.00625. The van der Waals surface area contributed by atoms with Crippen molar-refractivity contribution in [2.45, 2.75) is 17.6 Å². The van der Waals surface area contributed by atoms with Gasteiger partial charge in [0.05, 0.1) is 12.1 Å². The number of hydrogen-bond acceptors (Lipinski definition) is 5. The molecule has 2 aromatic heterocycles. The summed E-state index contributed by atoms with van der Waals surface area (Å²) in [5, 5.41) is 0.765. The van der Waals surface area contributed by atoms with Crippen molar-refractivity contribution in [3.63, 3.8) is 0 Å². The van der Waals surface area contributed by atoms with Gasteiger partial charge in [-0.2, -0.15) is 0 Å². The molecule has 0 aromatic carbocycles. The highest BCUT2D eigenvalue weighted by atomic mass is 32.2. The molecule has 0 bridgehead atoms. The SMILES string of the molecule is CSc1ncccc1C(=O)N1CCC(Oc2ccccn2)C1. The molecule has 1 aliphatic heterocycles. The van der Waals surface area contributed by atoms with Crippen molar-refractivity contribution in [3.05, 3.63) is 48.3 Å². The zero-order valence-electron chi connectivity index (χ0n) is 12.3. The number of carbonyl (C=O) groups excluding carboxylic acids is 1. The van der Waals surface area contributed by atoms with E-state index < -0.39 is 0 Å². The minimum Gasteiger partial charge on any atom is -0.472 e. The maximum Gasteiger partial charge on any atom is 0.256 e. The van der Waals surface area contributed by atoms with Crippen molar-refractivity contribution in [1.29, 1.82) is 0 Å². The van der Waals surface area contributed by atoms with Crippen molar-refractivity contribution >= 4 is 17.7 Å². The van der Waals surface area contributed by atoms with Gasteiger partial charge in [-0.25, -0.2) is 9.97 Å². The van der Waals surface area contributed by atoms with Crippen molar-refractivity contribution in [1.82, 2.24) is 14.9 Å². The molecule has 0 saturated carbocycles. The van der Waals surface area contributed by atoms with Crippen molar-refractivity contribution in [3.8, 4) is 5.88 Å². The van der Waals surface area contributed by atoms with E-state index in [0.29, 0.717) is 24.5 Å². The molecule has 0 spiro atoms. The van der Waals surface area contributed by atoms with Gasteiger partial charge < -0.3 is 9.64 Å². The first kappa shape index (κ1) is 14.8. The number of ether oxygens (including phenoxy) is 1. The number of nitrogens with zero attached hydrogens (tertiary/aromatic N) is 3. The topological polar surface area (TPSA) is 55.3 Å². The number of likely N-dealkylation sites (tertiary alicyclic amines) is 1. The molecule has 3 heterocycles. The van der Waals surface area contributed by atoms with E-state index >= 15 is 0 Å². The molecular formula is C16H17N3O2S. The second-order valence-corrected chi connectivity index (χ2v) is 5.80. The normalized spacial score (nSPS) is 17.5. The lowest BCUT2D eigenvalue weighted by atomic mass is 10.2. The molecule has 6 heteroatoms. The van der Waals surface area contributed by atoms with E-state index in [1.807, 2.05) is 35.4 Å². The predicted molar refractivity (Wildman–Crippen MR) is 85.2 cm³/mol. The number of aromatic nitrogens is 2. The molecule has 1 atom stereocenters. The van der Waals surface area contributed by atoms with Crippen LogP contribution in [0.25, 0.3) is 0 Å². The maximum absolute atomic E-state index is 12.6. The summed E-state index contributed by atoms with van der Waals surface area (Å²) in [5.74, 6) is 0.623. The molecule has 3 rings (SSSR count). The minimum atomic E-state index is -0.00625.